The minimum Gasteiger partial charge on any atom is -0.318 e. The van der Waals surface area contributed by atoms with Crippen LogP contribution in [0, 0.1) is 5.92 Å². The number of piperidine rings is 1. The maximum absolute atomic E-state index is 12.2. The second-order valence-electron chi connectivity index (χ2n) is 5.55. The second-order valence-corrected chi connectivity index (χ2v) is 5.55. The number of nitrogens with zero attached hydrogens (tertiary/aromatic N) is 3. The highest BCUT2D eigenvalue weighted by atomic mass is 16.2. The first-order chi connectivity index (χ1) is 11.2. The molecular formula is C15H18N6O2. The highest BCUT2D eigenvalue weighted by Gasteiger charge is 2.19. The van der Waals surface area contributed by atoms with Crippen LogP contribution in [0.2, 0.25) is 0 Å². The van der Waals surface area contributed by atoms with E-state index in [4.69, 9.17) is 0 Å². The van der Waals surface area contributed by atoms with Crippen LogP contribution in [0.15, 0.2) is 24.8 Å². The van der Waals surface area contributed by atoms with Crippen LogP contribution in [0.25, 0.3) is 0 Å². The number of carbonyl (C=O) groups excluding carboxylic acids is 2. The number of carbonyl (C=O) groups is 2. The summed E-state index contributed by atoms with van der Waals surface area (Å²) >= 11 is 0. The van der Waals surface area contributed by atoms with Crippen molar-refractivity contribution < 1.29 is 9.59 Å². The molecule has 23 heavy (non-hydrogen) atoms. The van der Waals surface area contributed by atoms with Gasteiger partial charge in [-0.05, 0) is 31.8 Å². The van der Waals surface area contributed by atoms with Crippen LogP contribution in [-0.4, -0.2) is 44.9 Å². The summed E-state index contributed by atoms with van der Waals surface area (Å²) in [5.74, 6) is -0.0166. The predicted molar refractivity (Wildman–Crippen MR) is 83.1 cm³/mol. The van der Waals surface area contributed by atoms with E-state index in [1.165, 1.54) is 18.6 Å². The molecule has 8 heteroatoms. The molecule has 1 fully saturated rings. The predicted octanol–water partition coefficient (Wildman–Crippen LogP) is 1.02. The lowest BCUT2D eigenvalue weighted by Crippen LogP contribution is -2.29. The average Bonchev–Trinajstić information content (AvgIpc) is 3.09. The van der Waals surface area contributed by atoms with E-state index < -0.39 is 5.91 Å². The fourth-order valence-electron chi connectivity index (χ4n) is 2.56. The van der Waals surface area contributed by atoms with E-state index in [0.717, 1.165) is 25.9 Å². The normalized spacial score (nSPS) is 15.3. The van der Waals surface area contributed by atoms with E-state index in [1.54, 1.807) is 6.20 Å². The fraction of sp³-hybridized carbons (Fsp3) is 0.400. The molecule has 2 aromatic heterocycles. The van der Waals surface area contributed by atoms with Gasteiger partial charge in [0.15, 0.2) is 5.78 Å². The van der Waals surface area contributed by atoms with Crippen molar-refractivity contribution in [3.05, 3.63) is 36.2 Å². The third kappa shape index (κ3) is 3.98. The largest absolute Gasteiger partial charge is 0.318 e. The smallest absolute Gasteiger partial charge is 0.275 e. The van der Waals surface area contributed by atoms with E-state index in [9.17, 15) is 9.59 Å². The van der Waals surface area contributed by atoms with Crippen molar-refractivity contribution in [2.75, 3.05) is 18.4 Å². The van der Waals surface area contributed by atoms with E-state index in [1.807, 2.05) is 0 Å². The number of amides is 1. The lowest BCUT2D eigenvalue weighted by Gasteiger charge is -2.21. The molecule has 0 unspecified atom stereocenters. The molecule has 120 valence electrons. The molecule has 0 saturated carbocycles. The lowest BCUT2D eigenvalue weighted by molar-refractivity contribution is 0.0944. The highest BCUT2D eigenvalue weighted by Crippen LogP contribution is 2.18. The van der Waals surface area contributed by atoms with Crippen LogP contribution in [-0.2, 0) is 0 Å². The molecule has 1 amide bonds. The summed E-state index contributed by atoms with van der Waals surface area (Å²) in [5.41, 5.74) is 1.01. The zero-order valence-corrected chi connectivity index (χ0v) is 12.6. The van der Waals surface area contributed by atoms with Crippen LogP contribution in [0.5, 0.6) is 0 Å². The molecule has 1 aliphatic heterocycles. The van der Waals surface area contributed by atoms with Crippen LogP contribution < -0.4 is 10.6 Å². The van der Waals surface area contributed by atoms with Gasteiger partial charge in [0.05, 0.1) is 24.3 Å². The van der Waals surface area contributed by atoms with Gasteiger partial charge in [-0.2, -0.15) is 5.10 Å². The number of aromatic amines is 1. The molecule has 3 heterocycles. The van der Waals surface area contributed by atoms with Gasteiger partial charge in [0.2, 0.25) is 0 Å². The molecule has 0 atom stereocenters. The molecule has 0 spiro atoms. The summed E-state index contributed by atoms with van der Waals surface area (Å²) in [6, 6.07) is 0. The number of Topliss-reactive ketones (excluding diaryl/α,β-unsaturated/α-hetero) is 1. The van der Waals surface area contributed by atoms with Gasteiger partial charge in [-0.15, -0.1) is 0 Å². The molecule has 2 aromatic rings. The molecule has 3 N–H and O–H groups in total. The average molecular weight is 314 g/mol. The highest BCUT2D eigenvalue weighted by molar-refractivity contribution is 6.02. The first-order valence-corrected chi connectivity index (χ1v) is 7.58. The molecule has 0 aromatic carbocycles. The Morgan fingerprint density at radius 2 is 1.87 bits per heavy atom. The van der Waals surface area contributed by atoms with Crippen molar-refractivity contribution in [2.45, 2.75) is 19.3 Å². The topological polar surface area (TPSA) is 113 Å². The van der Waals surface area contributed by atoms with Crippen LogP contribution in [0.3, 0.4) is 0 Å². The zero-order chi connectivity index (χ0) is 16.1. The van der Waals surface area contributed by atoms with E-state index >= 15 is 0 Å². The molecule has 0 radical (unpaired) electrons. The summed E-state index contributed by atoms with van der Waals surface area (Å²) in [5, 5.41) is 12.2. The minimum absolute atomic E-state index is 0.0220. The van der Waals surface area contributed by atoms with Gasteiger partial charge in [-0.25, -0.2) is 9.97 Å². The zero-order valence-electron chi connectivity index (χ0n) is 12.6. The lowest BCUT2D eigenvalue weighted by atomic mass is 9.92. The van der Waals surface area contributed by atoms with Crippen molar-refractivity contribution in [1.82, 2.24) is 25.5 Å². The first-order valence-electron chi connectivity index (χ1n) is 7.58. The molecule has 3 rings (SSSR count). The Balaban J connectivity index is 1.59. The number of rotatable bonds is 5. The molecule has 1 saturated heterocycles. The number of H-pyrrole nitrogens is 1. The van der Waals surface area contributed by atoms with E-state index in [0.29, 0.717) is 23.7 Å². The van der Waals surface area contributed by atoms with Gasteiger partial charge >= 0.3 is 0 Å². The Morgan fingerprint density at radius 1 is 1.13 bits per heavy atom. The maximum Gasteiger partial charge on any atom is 0.275 e. The van der Waals surface area contributed by atoms with E-state index in [-0.39, 0.29) is 11.5 Å². The Morgan fingerprint density at radius 3 is 2.52 bits per heavy atom. The minimum atomic E-state index is -0.392. The first kappa shape index (κ1) is 15.3. The Bertz CT molecular complexity index is 662. The Hall–Kier alpha value is -2.61. The maximum atomic E-state index is 12.2. The fourth-order valence-corrected chi connectivity index (χ4v) is 2.56. The SMILES string of the molecule is O=C(CC1CCNCC1)c1cnc(C(=O)Nc2cn[nH]c2)cn1. The van der Waals surface area contributed by atoms with Crippen molar-refractivity contribution in [2.24, 2.45) is 5.92 Å². The third-order valence-corrected chi connectivity index (χ3v) is 3.86. The quantitative estimate of drug-likeness (QED) is 0.710. The summed E-state index contributed by atoms with van der Waals surface area (Å²) in [6.07, 6.45) is 8.23. The van der Waals surface area contributed by atoms with E-state index in [2.05, 4.69) is 30.8 Å². The second kappa shape index (κ2) is 7.10. The number of hydrogen-bond donors (Lipinski definition) is 3. The summed E-state index contributed by atoms with van der Waals surface area (Å²) in [4.78, 5) is 32.3. The summed E-state index contributed by atoms with van der Waals surface area (Å²) in [6.45, 7) is 1.91. The van der Waals surface area contributed by atoms with Gasteiger partial charge in [-0.3, -0.25) is 14.7 Å². The molecule has 8 nitrogen and oxygen atoms in total. The van der Waals surface area contributed by atoms with Crippen LogP contribution >= 0.6 is 0 Å². The Labute approximate surface area is 133 Å². The third-order valence-electron chi connectivity index (χ3n) is 3.86. The van der Waals surface area contributed by atoms with Gasteiger partial charge in [0, 0.05) is 12.6 Å². The molecule has 1 aliphatic rings. The number of hydrogen-bond acceptors (Lipinski definition) is 6. The summed E-state index contributed by atoms with van der Waals surface area (Å²) < 4.78 is 0. The van der Waals surface area contributed by atoms with Crippen molar-refractivity contribution in [3.63, 3.8) is 0 Å². The van der Waals surface area contributed by atoms with Crippen molar-refractivity contribution >= 4 is 17.4 Å². The summed E-state index contributed by atoms with van der Waals surface area (Å²) in [7, 11) is 0. The number of anilines is 1. The molecule has 0 bridgehead atoms. The van der Waals surface area contributed by atoms with Crippen LogP contribution in [0.1, 0.15) is 40.2 Å². The van der Waals surface area contributed by atoms with Crippen molar-refractivity contribution in [3.8, 4) is 0 Å². The Kier molecular flexibility index (Phi) is 4.72. The van der Waals surface area contributed by atoms with Crippen LogP contribution in [0.4, 0.5) is 5.69 Å². The van der Waals surface area contributed by atoms with Gasteiger partial charge in [0.1, 0.15) is 11.4 Å². The van der Waals surface area contributed by atoms with Gasteiger partial charge in [-0.1, -0.05) is 0 Å². The van der Waals surface area contributed by atoms with Gasteiger partial charge in [0.25, 0.3) is 5.91 Å². The number of aromatic nitrogens is 4. The number of ketones is 1. The molecule has 0 aliphatic carbocycles. The monoisotopic (exact) mass is 314 g/mol. The van der Waals surface area contributed by atoms with Gasteiger partial charge < -0.3 is 10.6 Å². The standard InChI is InChI=1S/C15H18N6O2/c22-14(5-10-1-3-16-4-2-10)12-8-18-13(9-17-12)15(23)21-11-6-19-20-7-11/h6-10,16H,1-5H2,(H,19,20)(H,21,23). The molecular weight excluding hydrogens is 296 g/mol. The number of nitrogens with one attached hydrogen (secondary N) is 3. The van der Waals surface area contributed by atoms with Crippen molar-refractivity contribution in [1.29, 1.82) is 0 Å².